The van der Waals surface area contributed by atoms with Gasteiger partial charge < -0.3 is 10.3 Å². The van der Waals surface area contributed by atoms with Crippen LogP contribution in [0.25, 0.3) is 11.4 Å². The average molecular weight is 203 g/mol. The fraction of sp³-hybridized carbons (Fsp3) is 0.273. The standard InChI is InChI=1S/C11H13N3O/c1-2-5-10-13-11(14-15-10)8-6-3-4-7-9(8)12/h3-4,6-7H,2,5,12H2,1H3. The maximum Gasteiger partial charge on any atom is 0.226 e. The molecular weight excluding hydrogens is 190 g/mol. The van der Waals surface area contributed by atoms with E-state index in [2.05, 4.69) is 17.1 Å². The summed E-state index contributed by atoms with van der Waals surface area (Å²) in [7, 11) is 0. The van der Waals surface area contributed by atoms with Gasteiger partial charge in [0.15, 0.2) is 0 Å². The van der Waals surface area contributed by atoms with E-state index in [9.17, 15) is 0 Å². The smallest absolute Gasteiger partial charge is 0.226 e. The van der Waals surface area contributed by atoms with E-state index in [0.717, 1.165) is 18.4 Å². The van der Waals surface area contributed by atoms with Gasteiger partial charge in [0, 0.05) is 17.7 Å². The van der Waals surface area contributed by atoms with Crippen LogP contribution in [-0.2, 0) is 6.42 Å². The van der Waals surface area contributed by atoms with Gasteiger partial charge in [-0.1, -0.05) is 24.2 Å². The molecule has 1 heterocycles. The summed E-state index contributed by atoms with van der Waals surface area (Å²) in [6.07, 6.45) is 1.80. The zero-order valence-corrected chi connectivity index (χ0v) is 8.60. The molecular formula is C11H13N3O. The van der Waals surface area contributed by atoms with Crippen LogP contribution in [0.15, 0.2) is 28.8 Å². The summed E-state index contributed by atoms with van der Waals surface area (Å²) >= 11 is 0. The molecule has 1 aromatic heterocycles. The predicted molar refractivity (Wildman–Crippen MR) is 58.1 cm³/mol. The Morgan fingerprint density at radius 1 is 1.33 bits per heavy atom. The minimum absolute atomic E-state index is 0.566. The molecule has 0 aliphatic rings. The maximum absolute atomic E-state index is 5.81. The van der Waals surface area contributed by atoms with E-state index in [0.29, 0.717) is 17.4 Å². The average Bonchev–Trinajstić information content (AvgIpc) is 2.68. The summed E-state index contributed by atoms with van der Waals surface area (Å²) < 4.78 is 5.10. The number of nitrogens with zero attached hydrogens (tertiary/aromatic N) is 2. The van der Waals surface area contributed by atoms with Crippen LogP contribution in [0, 0.1) is 0 Å². The Morgan fingerprint density at radius 3 is 2.87 bits per heavy atom. The first kappa shape index (κ1) is 9.71. The van der Waals surface area contributed by atoms with E-state index in [1.807, 2.05) is 24.3 Å². The van der Waals surface area contributed by atoms with Crippen LogP contribution < -0.4 is 5.73 Å². The molecule has 0 radical (unpaired) electrons. The van der Waals surface area contributed by atoms with E-state index < -0.39 is 0 Å². The number of hydrogen-bond acceptors (Lipinski definition) is 4. The Bertz CT molecular complexity index is 451. The zero-order chi connectivity index (χ0) is 10.7. The van der Waals surface area contributed by atoms with Gasteiger partial charge in [-0.05, 0) is 18.6 Å². The van der Waals surface area contributed by atoms with Crippen LogP contribution in [-0.4, -0.2) is 10.1 Å². The van der Waals surface area contributed by atoms with Gasteiger partial charge in [0.25, 0.3) is 0 Å². The van der Waals surface area contributed by atoms with Crippen LogP contribution >= 0.6 is 0 Å². The molecule has 0 saturated heterocycles. The van der Waals surface area contributed by atoms with E-state index >= 15 is 0 Å². The van der Waals surface area contributed by atoms with E-state index in [1.165, 1.54) is 0 Å². The van der Waals surface area contributed by atoms with Crippen molar-refractivity contribution in [2.75, 3.05) is 5.73 Å². The number of nitrogen functional groups attached to an aromatic ring is 1. The molecule has 2 aromatic rings. The highest BCUT2D eigenvalue weighted by Gasteiger charge is 2.09. The van der Waals surface area contributed by atoms with Crippen LogP contribution in [0.4, 0.5) is 5.69 Å². The van der Waals surface area contributed by atoms with Crippen LogP contribution in [0.5, 0.6) is 0 Å². The second kappa shape index (κ2) is 4.13. The highest BCUT2D eigenvalue weighted by molar-refractivity contribution is 5.70. The minimum Gasteiger partial charge on any atom is -0.398 e. The number of hydrogen-bond donors (Lipinski definition) is 1. The third-order valence-electron chi connectivity index (χ3n) is 2.13. The van der Waals surface area contributed by atoms with Crippen molar-refractivity contribution < 1.29 is 4.52 Å². The van der Waals surface area contributed by atoms with Gasteiger partial charge in [0.1, 0.15) is 0 Å². The molecule has 0 amide bonds. The van der Waals surface area contributed by atoms with Crippen molar-refractivity contribution in [3.05, 3.63) is 30.2 Å². The third kappa shape index (κ3) is 1.98. The van der Waals surface area contributed by atoms with Crippen molar-refractivity contribution >= 4 is 5.69 Å². The molecule has 15 heavy (non-hydrogen) atoms. The predicted octanol–water partition coefficient (Wildman–Crippen LogP) is 2.27. The molecule has 4 heteroatoms. The zero-order valence-electron chi connectivity index (χ0n) is 8.60. The second-order valence-electron chi connectivity index (χ2n) is 3.35. The van der Waals surface area contributed by atoms with Crippen molar-refractivity contribution in [1.82, 2.24) is 10.1 Å². The van der Waals surface area contributed by atoms with E-state index in [1.54, 1.807) is 0 Å². The maximum atomic E-state index is 5.81. The molecule has 2 rings (SSSR count). The molecule has 0 unspecified atom stereocenters. The molecule has 0 atom stereocenters. The first-order chi connectivity index (χ1) is 7.31. The molecule has 2 N–H and O–H groups in total. The molecule has 0 aliphatic heterocycles. The van der Waals surface area contributed by atoms with E-state index in [-0.39, 0.29) is 0 Å². The van der Waals surface area contributed by atoms with Gasteiger partial charge in [-0.25, -0.2) is 0 Å². The lowest BCUT2D eigenvalue weighted by Crippen LogP contribution is -1.90. The number of aromatic nitrogens is 2. The molecule has 0 saturated carbocycles. The number of benzene rings is 1. The summed E-state index contributed by atoms with van der Waals surface area (Å²) in [4.78, 5) is 4.27. The summed E-state index contributed by atoms with van der Waals surface area (Å²) in [5.41, 5.74) is 7.30. The lowest BCUT2D eigenvalue weighted by atomic mass is 10.2. The first-order valence-corrected chi connectivity index (χ1v) is 4.98. The van der Waals surface area contributed by atoms with Crippen LogP contribution in [0.3, 0.4) is 0 Å². The van der Waals surface area contributed by atoms with Gasteiger partial charge in [-0.2, -0.15) is 4.98 Å². The topological polar surface area (TPSA) is 64.9 Å². The first-order valence-electron chi connectivity index (χ1n) is 4.98. The second-order valence-corrected chi connectivity index (χ2v) is 3.35. The normalized spacial score (nSPS) is 10.5. The van der Waals surface area contributed by atoms with Gasteiger partial charge in [0.05, 0.1) is 0 Å². The van der Waals surface area contributed by atoms with Gasteiger partial charge >= 0.3 is 0 Å². The number of rotatable bonds is 3. The number of para-hydroxylation sites is 1. The van der Waals surface area contributed by atoms with Gasteiger partial charge in [0.2, 0.25) is 11.7 Å². The lowest BCUT2D eigenvalue weighted by molar-refractivity contribution is 0.378. The van der Waals surface area contributed by atoms with Crippen molar-refractivity contribution in [2.45, 2.75) is 19.8 Å². The van der Waals surface area contributed by atoms with Crippen LogP contribution in [0.1, 0.15) is 19.2 Å². The van der Waals surface area contributed by atoms with Crippen molar-refractivity contribution in [3.8, 4) is 11.4 Å². The fourth-order valence-corrected chi connectivity index (χ4v) is 1.38. The monoisotopic (exact) mass is 203 g/mol. The quantitative estimate of drug-likeness (QED) is 0.777. The van der Waals surface area contributed by atoms with Gasteiger partial charge in [-0.3, -0.25) is 0 Å². The molecule has 78 valence electrons. The Hall–Kier alpha value is -1.84. The SMILES string of the molecule is CCCc1nc(-c2ccccc2N)no1. The Morgan fingerprint density at radius 2 is 2.13 bits per heavy atom. The molecule has 0 spiro atoms. The van der Waals surface area contributed by atoms with E-state index in [4.69, 9.17) is 10.3 Å². The summed E-state index contributed by atoms with van der Waals surface area (Å²) in [5.74, 6) is 1.23. The largest absolute Gasteiger partial charge is 0.398 e. The molecule has 0 aliphatic carbocycles. The summed E-state index contributed by atoms with van der Waals surface area (Å²) in [6, 6.07) is 7.49. The number of nitrogens with two attached hydrogens (primary N) is 1. The third-order valence-corrected chi connectivity index (χ3v) is 2.13. The summed E-state index contributed by atoms with van der Waals surface area (Å²) in [6.45, 7) is 2.07. The molecule has 4 nitrogen and oxygen atoms in total. The van der Waals surface area contributed by atoms with Crippen molar-refractivity contribution in [1.29, 1.82) is 0 Å². The highest BCUT2D eigenvalue weighted by atomic mass is 16.5. The Kier molecular flexibility index (Phi) is 2.67. The minimum atomic E-state index is 0.566. The molecule has 0 fully saturated rings. The number of anilines is 1. The highest BCUT2D eigenvalue weighted by Crippen LogP contribution is 2.22. The van der Waals surface area contributed by atoms with Crippen LogP contribution in [0.2, 0.25) is 0 Å². The summed E-state index contributed by atoms with van der Waals surface area (Å²) in [5, 5.41) is 3.90. The Labute approximate surface area is 88.1 Å². The molecule has 1 aromatic carbocycles. The van der Waals surface area contributed by atoms with Crippen molar-refractivity contribution in [2.24, 2.45) is 0 Å². The molecule has 0 bridgehead atoms. The number of aryl methyl sites for hydroxylation is 1. The fourth-order valence-electron chi connectivity index (χ4n) is 1.38. The van der Waals surface area contributed by atoms with Gasteiger partial charge in [-0.15, -0.1) is 0 Å². The van der Waals surface area contributed by atoms with Crippen molar-refractivity contribution in [3.63, 3.8) is 0 Å². The Balaban J connectivity index is 2.33. The lowest BCUT2D eigenvalue weighted by Gasteiger charge is -1.97.